The van der Waals surface area contributed by atoms with Gasteiger partial charge in [0.25, 0.3) is 5.56 Å². The Labute approximate surface area is 204 Å². The molecule has 0 unspecified atom stereocenters. The Kier molecular flexibility index (Phi) is 7.37. The second-order valence-electron chi connectivity index (χ2n) is 7.58. The minimum absolute atomic E-state index is 0.218. The molecular formula is C28H28N6O. The van der Waals surface area contributed by atoms with Crippen molar-refractivity contribution < 1.29 is 0 Å². The summed E-state index contributed by atoms with van der Waals surface area (Å²) in [5.41, 5.74) is 10.1. The number of aromatic nitrogens is 5. The van der Waals surface area contributed by atoms with E-state index in [1.807, 2.05) is 102 Å². The maximum atomic E-state index is 13.3. The fraction of sp³-hybridized carbons (Fsp3) is 0.107. The molecule has 3 heterocycles. The minimum Gasteiger partial charge on any atom is -0.397 e. The van der Waals surface area contributed by atoms with Crippen LogP contribution in [0.25, 0.3) is 22.6 Å². The molecule has 7 nitrogen and oxygen atoms in total. The van der Waals surface area contributed by atoms with Crippen molar-refractivity contribution in [2.45, 2.75) is 20.4 Å². The Morgan fingerprint density at radius 1 is 0.829 bits per heavy atom. The van der Waals surface area contributed by atoms with Crippen molar-refractivity contribution in [2.24, 2.45) is 0 Å². The van der Waals surface area contributed by atoms with Gasteiger partial charge in [-0.25, -0.2) is 4.68 Å². The summed E-state index contributed by atoms with van der Waals surface area (Å²) >= 11 is 0. The molecule has 5 rings (SSSR count). The van der Waals surface area contributed by atoms with Crippen molar-refractivity contribution in [3.05, 3.63) is 126 Å². The molecule has 0 fully saturated rings. The van der Waals surface area contributed by atoms with Crippen LogP contribution in [0.1, 0.15) is 19.4 Å². The lowest BCUT2D eigenvalue weighted by Gasteiger charge is -2.07. The SMILES string of the molecule is CC.Nc1ccccc1-n1nc2ccccccn(Cc3ccc(-n4cccn4)cc3)cc-2c1=O. The highest BCUT2D eigenvalue weighted by Gasteiger charge is 2.16. The monoisotopic (exact) mass is 464 g/mol. The summed E-state index contributed by atoms with van der Waals surface area (Å²) < 4.78 is 5.16. The van der Waals surface area contributed by atoms with E-state index < -0.39 is 0 Å². The summed E-state index contributed by atoms with van der Waals surface area (Å²) in [6, 6.07) is 26.7. The molecule has 1 aromatic heterocycles. The normalized spacial score (nSPS) is 10.3. The predicted octanol–water partition coefficient (Wildman–Crippen LogP) is 5.11. The molecule has 2 N–H and O–H groups in total. The van der Waals surface area contributed by atoms with Crippen molar-refractivity contribution in [1.29, 1.82) is 0 Å². The first kappa shape index (κ1) is 23.5. The van der Waals surface area contributed by atoms with Crippen LogP contribution in [0.3, 0.4) is 0 Å². The molecule has 0 radical (unpaired) electrons. The van der Waals surface area contributed by atoms with Crippen LogP contribution in [0.4, 0.5) is 5.69 Å². The van der Waals surface area contributed by atoms with Crippen molar-refractivity contribution in [3.8, 4) is 22.6 Å². The van der Waals surface area contributed by atoms with Crippen molar-refractivity contribution in [2.75, 3.05) is 5.73 Å². The summed E-state index contributed by atoms with van der Waals surface area (Å²) in [5, 5.41) is 8.81. The minimum atomic E-state index is -0.218. The summed E-state index contributed by atoms with van der Waals surface area (Å²) in [4.78, 5) is 13.3. The predicted molar refractivity (Wildman–Crippen MR) is 141 cm³/mol. The van der Waals surface area contributed by atoms with Gasteiger partial charge in [0.15, 0.2) is 0 Å². The Bertz CT molecular complexity index is 1460. The Morgan fingerprint density at radius 2 is 1.57 bits per heavy atom. The van der Waals surface area contributed by atoms with Gasteiger partial charge in [-0.2, -0.15) is 14.9 Å². The maximum Gasteiger partial charge on any atom is 0.282 e. The summed E-state index contributed by atoms with van der Waals surface area (Å²) in [6.07, 6.45) is 7.43. The molecule has 176 valence electrons. The number of hydrogen-bond acceptors (Lipinski definition) is 4. The molecule has 0 atom stereocenters. The van der Waals surface area contributed by atoms with Crippen LogP contribution in [0.5, 0.6) is 0 Å². The highest BCUT2D eigenvalue weighted by Crippen LogP contribution is 2.19. The first-order valence-electron chi connectivity index (χ1n) is 11.5. The molecule has 0 aliphatic carbocycles. The lowest BCUT2D eigenvalue weighted by molar-refractivity contribution is 0.793. The van der Waals surface area contributed by atoms with Crippen LogP contribution < -0.4 is 11.3 Å². The largest absolute Gasteiger partial charge is 0.397 e. The van der Waals surface area contributed by atoms with Gasteiger partial charge in [0.05, 0.1) is 28.3 Å². The molecule has 7 heteroatoms. The smallest absolute Gasteiger partial charge is 0.282 e. The standard InChI is InChI=1S/C26H22N6O.C2H6/c27-23-8-4-5-10-25(23)32-26(33)22-19-30(16-6-2-1-3-9-24(22)29-32)18-20-11-13-21(14-12-20)31-17-7-15-28-31;1-2/h1-17,19H,18,27H2;1-2H3. The molecular weight excluding hydrogens is 436 g/mol. The lowest BCUT2D eigenvalue weighted by Crippen LogP contribution is -2.16. The van der Waals surface area contributed by atoms with Crippen molar-refractivity contribution in [1.82, 2.24) is 24.1 Å². The number of nitrogen functional groups attached to an aromatic ring is 1. The number of benzene rings is 2. The summed E-state index contributed by atoms with van der Waals surface area (Å²) in [6.45, 7) is 4.59. The fourth-order valence-corrected chi connectivity index (χ4v) is 3.65. The first-order valence-corrected chi connectivity index (χ1v) is 11.5. The van der Waals surface area contributed by atoms with Crippen LogP contribution in [-0.2, 0) is 6.54 Å². The van der Waals surface area contributed by atoms with E-state index in [0.717, 1.165) is 11.3 Å². The highest BCUT2D eigenvalue weighted by molar-refractivity contribution is 5.62. The van der Waals surface area contributed by atoms with E-state index in [9.17, 15) is 4.79 Å². The van der Waals surface area contributed by atoms with Gasteiger partial charge in [-0.3, -0.25) is 4.79 Å². The Hall–Kier alpha value is -4.65. The maximum absolute atomic E-state index is 13.3. The second-order valence-corrected chi connectivity index (χ2v) is 7.58. The molecule has 2 aromatic carbocycles. The van der Waals surface area contributed by atoms with E-state index in [-0.39, 0.29) is 5.56 Å². The lowest BCUT2D eigenvalue weighted by atomic mass is 10.2. The van der Waals surface area contributed by atoms with Crippen LogP contribution >= 0.6 is 0 Å². The Morgan fingerprint density at radius 3 is 2.31 bits per heavy atom. The Balaban J connectivity index is 0.00000141. The number of anilines is 1. The number of nitrogens with two attached hydrogens (primary N) is 1. The van der Waals surface area contributed by atoms with Crippen LogP contribution in [0, 0.1) is 0 Å². The highest BCUT2D eigenvalue weighted by atomic mass is 16.1. The van der Waals surface area contributed by atoms with E-state index in [4.69, 9.17) is 5.73 Å². The van der Waals surface area contributed by atoms with Gasteiger partial charge in [0, 0.05) is 31.3 Å². The van der Waals surface area contributed by atoms with Crippen molar-refractivity contribution in [3.63, 3.8) is 0 Å². The molecule has 2 aliphatic heterocycles. The number of hydrogen-bond donors (Lipinski definition) is 1. The van der Waals surface area contributed by atoms with Crippen LogP contribution in [0.15, 0.2) is 115 Å². The molecule has 2 aliphatic rings. The molecule has 0 spiro atoms. The third-order valence-corrected chi connectivity index (χ3v) is 5.30. The third-order valence-electron chi connectivity index (χ3n) is 5.30. The topological polar surface area (TPSA) is 83.7 Å². The summed E-state index contributed by atoms with van der Waals surface area (Å²) in [7, 11) is 0. The molecule has 0 saturated carbocycles. The van der Waals surface area contributed by atoms with E-state index >= 15 is 0 Å². The molecule has 35 heavy (non-hydrogen) atoms. The van der Waals surface area contributed by atoms with Gasteiger partial charge in [0.1, 0.15) is 0 Å². The van der Waals surface area contributed by atoms with Crippen LogP contribution in [0.2, 0.25) is 0 Å². The zero-order valence-corrected chi connectivity index (χ0v) is 19.8. The number of nitrogens with zero attached hydrogens (tertiary/aromatic N) is 5. The zero-order chi connectivity index (χ0) is 24.6. The van der Waals surface area contributed by atoms with Gasteiger partial charge in [-0.1, -0.05) is 56.3 Å². The van der Waals surface area contributed by atoms with E-state index in [1.165, 1.54) is 4.68 Å². The molecule has 0 bridgehead atoms. The van der Waals surface area contributed by atoms with Gasteiger partial charge in [-0.15, -0.1) is 0 Å². The van der Waals surface area contributed by atoms with Gasteiger partial charge >= 0.3 is 0 Å². The molecule has 0 saturated heterocycles. The van der Waals surface area contributed by atoms with E-state index in [1.54, 1.807) is 18.3 Å². The number of fused-ring (bicyclic) bond motifs is 1. The first-order chi connectivity index (χ1) is 17.2. The molecule has 3 aromatic rings. The zero-order valence-electron chi connectivity index (χ0n) is 19.8. The fourth-order valence-electron chi connectivity index (χ4n) is 3.65. The average molecular weight is 465 g/mol. The number of rotatable bonds is 4. The quantitative estimate of drug-likeness (QED) is 0.375. The molecule has 0 amide bonds. The second kappa shape index (κ2) is 11.0. The third kappa shape index (κ3) is 5.30. The summed E-state index contributed by atoms with van der Waals surface area (Å²) in [5.74, 6) is 0. The van der Waals surface area contributed by atoms with Gasteiger partial charge in [0.2, 0.25) is 0 Å². The van der Waals surface area contributed by atoms with Gasteiger partial charge in [-0.05, 0) is 48.0 Å². The van der Waals surface area contributed by atoms with E-state index in [2.05, 4.69) is 22.3 Å². The average Bonchev–Trinajstić information content (AvgIpc) is 3.53. The van der Waals surface area contributed by atoms with Gasteiger partial charge < -0.3 is 10.3 Å². The van der Waals surface area contributed by atoms with E-state index in [0.29, 0.717) is 29.2 Å². The van der Waals surface area contributed by atoms with Crippen LogP contribution in [-0.4, -0.2) is 24.1 Å². The number of para-hydroxylation sites is 2. The van der Waals surface area contributed by atoms with Crippen molar-refractivity contribution >= 4 is 5.69 Å².